The Hall–Kier alpha value is -0.840. The highest BCUT2D eigenvalue weighted by molar-refractivity contribution is 9.10. The molecule has 3 nitrogen and oxygen atoms in total. The van der Waals surface area contributed by atoms with E-state index in [1.807, 2.05) is 25.7 Å². The topological polar surface area (TPSA) is 29.9 Å². The van der Waals surface area contributed by atoms with Crippen LogP contribution in [-0.2, 0) is 13.5 Å². The molecule has 19 heavy (non-hydrogen) atoms. The van der Waals surface area contributed by atoms with E-state index in [0.29, 0.717) is 0 Å². The van der Waals surface area contributed by atoms with E-state index in [1.165, 1.54) is 5.56 Å². The minimum atomic E-state index is 0.223. The minimum Gasteiger partial charge on any atom is -0.313 e. The first-order valence-corrected chi connectivity index (χ1v) is 7.30. The first-order chi connectivity index (χ1) is 9.02. The Kier molecular flexibility index (Phi) is 4.66. The van der Waals surface area contributed by atoms with E-state index >= 15 is 0 Å². The van der Waals surface area contributed by atoms with Gasteiger partial charge >= 0.3 is 0 Å². The van der Waals surface area contributed by atoms with Gasteiger partial charge in [0.05, 0.1) is 16.4 Å². The van der Waals surface area contributed by atoms with Crippen LogP contribution in [0.3, 0.4) is 0 Å². The van der Waals surface area contributed by atoms with Crippen molar-refractivity contribution in [3.63, 3.8) is 0 Å². The van der Waals surface area contributed by atoms with Gasteiger partial charge in [-0.2, -0.15) is 5.10 Å². The van der Waals surface area contributed by atoms with Gasteiger partial charge in [-0.25, -0.2) is 0 Å². The fourth-order valence-corrected chi connectivity index (χ4v) is 2.68. The van der Waals surface area contributed by atoms with Crippen molar-refractivity contribution in [2.45, 2.75) is 19.4 Å². The van der Waals surface area contributed by atoms with Crippen LogP contribution in [0.2, 0.25) is 5.02 Å². The first-order valence-electron chi connectivity index (χ1n) is 6.13. The molecule has 0 fully saturated rings. The molecule has 0 aliphatic heterocycles. The lowest BCUT2D eigenvalue weighted by Gasteiger charge is -2.17. The largest absolute Gasteiger partial charge is 0.313 e. The van der Waals surface area contributed by atoms with Crippen LogP contribution < -0.4 is 5.32 Å². The average Bonchev–Trinajstić information content (AvgIpc) is 2.63. The fraction of sp³-hybridized carbons (Fsp3) is 0.357. The monoisotopic (exact) mass is 341 g/mol. The molecule has 1 aromatic carbocycles. The minimum absolute atomic E-state index is 0.223. The zero-order valence-electron chi connectivity index (χ0n) is 11.2. The molecule has 1 atom stereocenters. The van der Waals surface area contributed by atoms with Gasteiger partial charge in [0.25, 0.3) is 0 Å². The Morgan fingerprint density at radius 2 is 2.00 bits per heavy atom. The second-order valence-corrected chi connectivity index (χ2v) is 5.86. The number of hydrogen-bond donors (Lipinski definition) is 1. The van der Waals surface area contributed by atoms with Crippen molar-refractivity contribution in [2.24, 2.45) is 7.05 Å². The van der Waals surface area contributed by atoms with Gasteiger partial charge in [-0.05, 0) is 31.7 Å². The van der Waals surface area contributed by atoms with E-state index < -0.39 is 0 Å². The molecule has 0 spiro atoms. The molecule has 1 heterocycles. The highest BCUT2D eigenvalue weighted by atomic mass is 79.9. The van der Waals surface area contributed by atoms with Gasteiger partial charge in [-0.3, -0.25) is 4.68 Å². The third kappa shape index (κ3) is 3.19. The molecule has 102 valence electrons. The van der Waals surface area contributed by atoms with Gasteiger partial charge in [0.2, 0.25) is 0 Å². The summed E-state index contributed by atoms with van der Waals surface area (Å²) < 4.78 is 2.95. The van der Waals surface area contributed by atoms with Gasteiger partial charge in [-0.15, -0.1) is 0 Å². The first kappa shape index (κ1) is 14.6. The number of aryl methyl sites for hydroxylation is 2. The summed E-state index contributed by atoms with van der Waals surface area (Å²) >= 11 is 9.76. The van der Waals surface area contributed by atoms with Crippen LogP contribution >= 0.6 is 27.5 Å². The van der Waals surface area contributed by atoms with Crippen LogP contribution in [0.1, 0.15) is 23.0 Å². The normalized spacial score (nSPS) is 12.7. The Labute approximate surface area is 127 Å². The number of likely N-dealkylation sites (N-methyl/N-ethyl adjacent to an activating group) is 1. The van der Waals surface area contributed by atoms with E-state index in [9.17, 15) is 0 Å². The number of aromatic nitrogens is 2. The lowest BCUT2D eigenvalue weighted by atomic mass is 10.0. The third-order valence-electron chi connectivity index (χ3n) is 3.28. The second kappa shape index (κ2) is 6.07. The van der Waals surface area contributed by atoms with Crippen molar-refractivity contribution < 1.29 is 0 Å². The van der Waals surface area contributed by atoms with Crippen molar-refractivity contribution in [1.29, 1.82) is 0 Å². The molecule has 0 amide bonds. The molecular formula is C14H17BrClN3. The standard InChI is InChI=1S/C14H17BrClN3/c1-9-14(16)13(19(3)18-9)8-12(17-2)10-4-6-11(15)7-5-10/h4-7,12,17H,8H2,1-3H3. The van der Waals surface area contributed by atoms with Crippen molar-refractivity contribution in [1.82, 2.24) is 15.1 Å². The molecule has 0 radical (unpaired) electrons. The molecule has 0 saturated carbocycles. The summed E-state index contributed by atoms with van der Waals surface area (Å²) in [6.07, 6.45) is 0.814. The summed E-state index contributed by atoms with van der Waals surface area (Å²) in [6, 6.07) is 8.55. The zero-order chi connectivity index (χ0) is 14.0. The van der Waals surface area contributed by atoms with Gasteiger partial charge in [-0.1, -0.05) is 39.7 Å². The Bertz CT molecular complexity index is 563. The maximum Gasteiger partial charge on any atom is 0.0847 e. The zero-order valence-corrected chi connectivity index (χ0v) is 13.6. The molecule has 0 saturated heterocycles. The summed E-state index contributed by atoms with van der Waals surface area (Å²) in [5, 5.41) is 8.45. The van der Waals surface area contributed by atoms with Crippen LogP contribution in [0.15, 0.2) is 28.7 Å². The third-order valence-corrected chi connectivity index (χ3v) is 4.30. The Morgan fingerprint density at radius 1 is 1.37 bits per heavy atom. The molecule has 5 heteroatoms. The summed E-state index contributed by atoms with van der Waals surface area (Å²) in [5.74, 6) is 0. The van der Waals surface area contributed by atoms with Crippen LogP contribution in [0.25, 0.3) is 0 Å². The highest BCUT2D eigenvalue weighted by Crippen LogP contribution is 2.26. The number of nitrogens with zero attached hydrogens (tertiary/aromatic N) is 2. The Morgan fingerprint density at radius 3 is 2.47 bits per heavy atom. The van der Waals surface area contributed by atoms with Gasteiger partial charge in [0.15, 0.2) is 0 Å². The fourth-order valence-electron chi connectivity index (χ4n) is 2.18. The maximum atomic E-state index is 6.31. The molecule has 1 unspecified atom stereocenters. The lowest BCUT2D eigenvalue weighted by Crippen LogP contribution is -2.20. The van der Waals surface area contributed by atoms with Gasteiger partial charge < -0.3 is 5.32 Å². The number of rotatable bonds is 4. The SMILES string of the molecule is CNC(Cc1c(Cl)c(C)nn1C)c1ccc(Br)cc1. The molecule has 1 aromatic heterocycles. The van der Waals surface area contributed by atoms with E-state index in [-0.39, 0.29) is 6.04 Å². The molecule has 1 N–H and O–H groups in total. The summed E-state index contributed by atoms with van der Waals surface area (Å²) in [6.45, 7) is 1.93. The number of nitrogens with one attached hydrogen (secondary N) is 1. The Balaban J connectivity index is 2.26. The van der Waals surface area contributed by atoms with Gasteiger partial charge in [0, 0.05) is 24.0 Å². The summed E-state index contributed by atoms with van der Waals surface area (Å²) in [5.41, 5.74) is 3.17. The lowest BCUT2D eigenvalue weighted by molar-refractivity contribution is 0.561. The average molecular weight is 343 g/mol. The number of benzene rings is 1. The van der Waals surface area contributed by atoms with E-state index in [1.54, 1.807) is 0 Å². The predicted octanol–water partition coefficient (Wildman–Crippen LogP) is 3.65. The molecule has 0 aliphatic rings. The summed E-state index contributed by atoms with van der Waals surface area (Å²) in [7, 11) is 3.90. The highest BCUT2D eigenvalue weighted by Gasteiger charge is 2.17. The number of halogens is 2. The molecule has 2 rings (SSSR count). The molecule has 0 aliphatic carbocycles. The maximum absolute atomic E-state index is 6.31. The van der Waals surface area contributed by atoms with Gasteiger partial charge in [0.1, 0.15) is 0 Å². The van der Waals surface area contributed by atoms with Crippen LogP contribution in [0, 0.1) is 6.92 Å². The van der Waals surface area contributed by atoms with Crippen molar-refractivity contribution in [2.75, 3.05) is 7.05 Å². The molecular weight excluding hydrogens is 326 g/mol. The second-order valence-electron chi connectivity index (χ2n) is 4.57. The predicted molar refractivity (Wildman–Crippen MR) is 82.6 cm³/mol. The van der Waals surface area contributed by atoms with E-state index in [4.69, 9.17) is 11.6 Å². The van der Waals surface area contributed by atoms with Crippen molar-refractivity contribution in [3.05, 3.63) is 50.7 Å². The smallest absolute Gasteiger partial charge is 0.0847 e. The molecule has 0 bridgehead atoms. The van der Waals surface area contributed by atoms with Crippen LogP contribution in [0.4, 0.5) is 0 Å². The van der Waals surface area contributed by atoms with Crippen molar-refractivity contribution in [3.8, 4) is 0 Å². The van der Waals surface area contributed by atoms with E-state index in [0.717, 1.165) is 27.3 Å². The van der Waals surface area contributed by atoms with Crippen molar-refractivity contribution >= 4 is 27.5 Å². The molecule has 2 aromatic rings. The number of hydrogen-bond acceptors (Lipinski definition) is 2. The van der Waals surface area contributed by atoms with Crippen LogP contribution in [-0.4, -0.2) is 16.8 Å². The van der Waals surface area contributed by atoms with E-state index in [2.05, 4.69) is 50.6 Å². The quantitative estimate of drug-likeness (QED) is 0.919. The summed E-state index contributed by atoms with van der Waals surface area (Å²) in [4.78, 5) is 0. The van der Waals surface area contributed by atoms with Crippen LogP contribution in [0.5, 0.6) is 0 Å².